The summed E-state index contributed by atoms with van der Waals surface area (Å²) >= 11 is 0. The fourth-order valence-corrected chi connectivity index (χ4v) is 1.33. The van der Waals surface area contributed by atoms with Crippen molar-refractivity contribution in [1.29, 1.82) is 0 Å². The third kappa shape index (κ3) is 4.36. The van der Waals surface area contributed by atoms with Crippen LogP contribution in [0.2, 0.25) is 0 Å². The number of carbonyl (C=O) groups is 2. The van der Waals surface area contributed by atoms with E-state index in [2.05, 4.69) is 0 Å². The average molecular weight is 314 g/mol. The predicted molar refractivity (Wildman–Crippen MR) is 59.1 cm³/mol. The third-order valence-electron chi connectivity index (χ3n) is 2.28. The Kier molecular flexibility index (Phi) is 4.49. The number of anilines is 1. The van der Waals surface area contributed by atoms with Crippen molar-refractivity contribution in [2.24, 2.45) is 0 Å². The molecule has 1 rings (SSSR count). The van der Waals surface area contributed by atoms with Gasteiger partial charge in [-0.15, -0.1) is 0 Å². The molecule has 0 aliphatic heterocycles. The highest BCUT2D eigenvalue weighted by atomic mass is 19.4. The first-order valence-electron chi connectivity index (χ1n) is 5.27. The van der Waals surface area contributed by atoms with Gasteiger partial charge in [-0.25, -0.2) is 0 Å². The van der Waals surface area contributed by atoms with Crippen LogP contribution >= 0.6 is 0 Å². The summed E-state index contributed by atoms with van der Waals surface area (Å²) < 4.78 is 75.2. The Balaban J connectivity index is 3.26. The van der Waals surface area contributed by atoms with Crippen molar-refractivity contribution >= 4 is 17.5 Å². The summed E-state index contributed by atoms with van der Waals surface area (Å²) in [7, 11) is 1.08. The summed E-state index contributed by atoms with van der Waals surface area (Å²) in [4.78, 5) is 22.1. The van der Waals surface area contributed by atoms with E-state index in [0.29, 0.717) is 12.1 Å². The molecule has 116 valence electrons. The second-order valence-corrected chi connectivity index (χ2v) is 3.83. The first-order chi connectivity index (χ1) is 9.45. The minimum atomic E-state index is -5.03. The fourth-order valence-electron chi connectivity index (χ4n) is 1.33. The lowest BCUT2D eigenvalue weighted by Crippen LogP contribution is -2.32. The Labute approximate surface area is 114 Å². The molecule has 0 saturated carbocycles. The van der Waals surface area contributed by atoms with E-state index < -0.39 is 41.0 Å². The van der Waals surface area contributed by atoms with E-state index in [1.165, 1.54) is 0 Å². The molecule has 0 atom stereocenters. The third-order valence-corrected chi connectivity index (χ3v) is 2.28. The number of likely N-dealkylation sites (N-methyl/N-ethyl adjacent to an activating group) is 1. The molecule has 0 aliphatic carbocycles. The smallest absolute Gasteiger partial charge is 0.351 e. The molecule has 0 unspecified atom stereocenters. The summed E-state index contributed by atoms with van der Waals surface area (Å²) in [5.41, 5.74) is -3.97. The average Bonchev–Trinajstić information content (AvgIpc) is 2.35. The molecule has 0 fully saturated rings. The molecular weight excluding hydrogens is 306 g/mol. The topological polar surface area (TPSA) is 58.2 Å². The van der Waals surface area contributed by atoms with Crippen molar-refractivity contribution in [3.8, 4) is 0 Å². The van der Waals surface area contributed by atoms with E-state index in [1.54, 1.807) is 5.32 Å². The van der Waals surface area contributed by atoms with Gasteiger partial charge in [-0.1, -0.05) is 0 Å². The van der Waals surface area contributed by atoms with E-state index in [-0.39, 0.29) is 6.07 Å². The van der Waals surface area contributed by atoms with Crippen LogP contribution in [0.1, 0.15) is 11.1 Å². The monoisotopic (exact) mass is 314 g/mol. The summed E-state index contributed by atoms with van der Waals surface area (Å²) in [5.74, 6) is -2.59. The summed E-state index contributed by atoms with van der Waals surface area (Å²) in [5, 5.41) is 3.55. The highest BCUT2D eigenvalue weighted by molar-refractivity contribution is 6.39. The molecule has 2 amide bonds. The SMILES string of the molecule is CNC(=O)C(=O)Nc1cc(C(F)(F)F)cc(C(F)(F)F)c1. The number of nitrogens with one attached hydrogen (secondary N) is 2. The molecule has 0 spiro atoms. The lowest BCUT2D eigenvalue weighted by atomic mass is 10.1. The van der Waals surface area contributed by atoms with Gasteiger partial charge in [0.1, 0.15) is 0 Å². The maximum absolute atomic E-state index is 12.5. The molecule has 0 bridgehead atoms. The number of halogens is 6. The van der Waals surface area contributed by atoms with Crippen LogP contribution in [0.4, 0.5) is 32.0 Å². The van der Waals surface area contributed by atoms with Gasteiger partial charge in [0.05, 0.1) is 11.1 Å². The van der Waals surface area contributed by atoms with Crippen molar-refractivity contribution in [2.75, 3.05) is 12.4 Å². The lowest BCUT2D eigenvalue weighted by molar-refractivity contribution is -0.143. The van der Waals surface area contributed by atoms with Crippen LogP contribution in [0.25, 0.3) is 0 Å². The van der Waals surface area contributed by atoms with E-state index in [0.717, 1.165) is 7.05 Å². The standard InChI is InChI=1S/C11H8F6N2O2/c1-18-8(20)9(21)19-7-3-5(10(12,13)14)2-6(4-7)11(15,16)17/h2-4H,1H3,(H,18,20)(H,19,21). The van der Waals surface area contributed by atoms with Gasteiger partial charge >= 0.3 is 24.2 Å². The van der Waals surface area contributed by atoms with Crippen LogP contribution in [0, 0.1) is 0 Å². The quantitative estimate of drug-likeness (QED) is 0.618. The van der Waals surface area contributed by atoms with E-state index in [1.807, 2.05) is 5.32 Å². The number of rotatable bonds is 1. The van der Waals surface area contributed by atoms with E-state index >= 15 is 0 Å². The highest BCUT2D eigenvalue weighted by Gasteiger charge is 2.37. The van der Waals surface area contributed by atoms with Gasteiger partial charge in [0, 0.05) is 12.7 Å². The zero-order chi connectivity index (χ0) is 16.4. The van der Waals surface area contributed by atoms with Crippen molar-refractivity contribution < 1.29 is 35.9 Å². The Morgan fingerprint density at radius 2 is 1.29 bits per heavy atom. The van der Waals surface area contributed by atoms with Crippen LogP contribution in [0.5, 0.6) is 0 Å². The first kappa shape index (κ1) is 16.8. The molecule has 1 aromatic rings. The largest absolute Gasteiger partial charge is 0.416 e. The molecule has 1 aromatic carbocycles. The molecule has 0 heterocycles. The van der Waals surface area contributed by atoms with Crippen LogP contribution in [0.3, 0.4) is 0 Å². The minimum Gasteiger partial charge on any atom is -0.351 e. The number of benzene rings is 1. The van der Waals surface area contributed by atoms with Gasteiger partial charge in [-0.2, -0.15) is 26.3 Å². The number of hydrogen-bond acceptors (Lipinski definition) is 2. The van der Waals surface area contributed by atoms with Gasteiger partial charge in [-0.3, -0.25) is 9.59 Å². The molecular formula is C11H8F6N2O2. The van der Waals surface area contributed by atoms with Crippen LogP contribution in [0.15, 0.2) is 18.2 Å². The second kappa shape index (κ2) is 5.62. The van der Waals surface area contributed by atoms with E-state index in [9.17, 15) is 35.9 Å². The molecule has 21 heavy (non-hydrogen) atoms. The summed E-state index contributed by atoms with van der Waals surface area (Å²) in [6.07, 6.45) is -10.1. The molecule has 0 saturated heterocycles. The maximum Gasteiger partial charge on any atom is 0.416 e. The van der Waals surface area contributed by atoms with E-state index in [4.69, 9.17) is 0 Å². The number of alkyl halides is 6. The molecule has 0 aromatic heterocycles. The Morgan fingerprint density at radius 3 is 1.62 bits per heavy atom. The number of carbonyl (C=O) groups excluding carboxylic acids is 2. The summed E-state index contributed by atoms with van der Waals surface area (Å²) in [6.45, 7) is 0. The van der Waals surface area contributed by atoms with Gasteiger partial charge in [-0.05, 0) is 18.2 Å². The van der Waals surface area contributed by atoms with Gasteiger partial charge < -0.3 is 10.6 Å². The van der Waals surface area contributed by atoms with Crippen molar-refractivity contribution in [2.45, 2.75) is 12.4 Å². The lowest BCUT2D eigenvalue weighted by Gasteiger charge is -2.14. The molecule has 10 heteroatoms. The van der Waals surface area contributed by atoms with Gasteiger partial charge in [0.15, 0.2) is 0 Å². The number of hydrogen-bond donors (Lipinski definition) is 2. The van der Waals surface area contributed by atoms with Gasteiger partial charge in [0.2, 0.25) is 0 Å². The maximum atomic E-state index is 12.5. The minimum absolute atomic E-state index is 0.0877. The number of amides is 2. The van der Waals surface area contributed by atoms with Crippen LogP contribution < -0.4 is 10.6 Å². The Morgan fingerprint density at radius 1 is 0.857 bits per heavy atom. The van der Waals surface area contributed by atoms with Crippen LogP contribution in [-0.2, 0) is 21.9 Å². The fraction of sp³-hybridized carbons (Fsp3) is 0.273. The van der Waals surface area contributed by atoms with Crippen molar-refractivity contribution in [1.82, 2.24) is 5.32 Å². The second-order valence-electron chi connectivity index (χ2n) is 3.83. The molecule has 0 radical (unpaired) electrons. The first-order valence-corrected chi connectivity index (χ1v) is 5.27. The Bertz CT molecular complexity index is 533. The molecule has 0 aliphatic rings. The van der Waals surface area contributed by atoms with Crippen molar-refractivity contribution in [3.63, 3.8) is 0 Å². The zero-order valence-corrected chi connectivity index (χ0v) is 10.3. The van der Waals surface area contributed by atoms with Crippen molar-refractivity contribution in [3.05, 3.63) is 29.3 Å². The predicted octanol–water partition coefficient (Wildman–Crippen LogP) is 2.41. The summed E-state index contributed by atoms with van der Waals surface area (Å²) in [6, 6.07) is 0.516. The highest BCUT2D eigenvalue weighted by Crippen LogP contribution is 2.37. The normalized spacial score (nSPS) is 12.0. The molecule has 2 N–H and O–H groups in total. The Hall–Kier alpha value is -2.26. The zero-order valence-electron chi connectivity index (χ0n) is 10.3. The van der Waals surface area contributed by atoms with Crippen LogP contribution in [-0.4, -0.2) is 18.9 Å². The molecule has 4 nitrogen and oxygen atoms in total. The van der Waals surface area contributed by atoms with Gasteiger partial charge in [0.25, 0.3) is 0 Å².